The number of ether oxygens (including phenoxy) is 2. The molecule has 38 heavy (non-hydrogen) atoms. The summed E-state index contributed by atoms with van der Waals surface area (Å²) < 4.78 is 14.4. The molecule has 2 aromatic heterocycles. The highest BCUT2D eigenvalue weighted by atomic mass is 16.5. The van der Waals surface area contributed by atoms with Crippen LogP contribution in [-0.2, 0) is 11.8 Å². The summed E-state index contributed by atoms with van der Waals surface area (Å²) in [5, 5.41) is 22.7. The summed E-state index contributed by atoms with van der Waals surface area (Å²) in [5.41, 5.74) is 11.6. The minimum absolute atomic E-state index is 0.0500. The zero-order valence-electron chi connectivity index (χ0n) is 22.5. The first-order valence-electron chi connectivity index (χ1n) is 13.3. The van der Waals surface area contributed by atoms with E-state index in [2.05, 4.69) is 33.2 Å². The van der Waals surface area contributed by atoms with E-state index in [9.17, 15) is 5.11 Å². The number of rotatable bonds is 4. The lowest BCUT2D eigenvalue weighted by Crippen LogP contribution is -2.43. The number of nitrogens with two attached hydrogens (primary N) is 1. The molecule has 2 aliphatic heterocycles. The molecule has 1 saturated heterocycles. The number of aromatic amines is 1. The van der Waals surface area contributed by atoms with Crippen molar-refractivity contribution in [3.63, 3.8) is 0 Å². The lowest BCUT2D eigenvalue weighted by Gasteiger charge is -2.30. The fourth-order valence-electron chi connectivity index (χ4n) is 5.33. The number of aryl methyl sites for hydroxylation is 1. The van der Waals surface area contributed by atoms with Gasteiger partial charge >= 0.3 is 0 Å². The molecule has 4 N–H and O–H groups in total. The van der Waals surface area contributed by atoms with Crippen LogP contribution in [0.25, 0.3) is 28.1 Å². The Morgan fingerprint density at radius 1 is 1.34 bits per heavy atom. The topological polar surface area (TPSA) is 127 Å². The number of aromatic nitrogens is 4. The van der Waals surface area contributed by atoms with Crippen molar-refractivity contribution in [2.75, 3.05) is 26.2 Å². The van der Waals surface area contributed by atoms with Gasteiger partial charge in [-0.05, 0) is 70.0 Å². The summed E-state index contributed by atoms with van der Waals surface area (Å²) in [5.74, 6) is 1.05. The Hall–Kier alpha value is -3.63. The normalized spacial score (nSPS) is 23.7. The summed E-state index contributed by atoms with van der Waals surface area (Å²) in [7, 11) is 1.91. The average molecular weight is 520 g/mol. The van der Waals surface area contributed by atoms with Crippen molar-refractivity contribution in [1.29, 1.82) is 0 Å². The molecule has 3 aromatic rings. The van der Waals surface area contributed by atoms with Gasteiger partial charge in [-0.2, -0.15) is 10.2 Å². The van der Waals surface area contributed by atoms with E-state index in [1.807, 2.05) is 51.4 Å². The zero-order chi connectivity index (χ0) is 26.8. The van der Waals surface area contributed by atoms with Crippen LogP contribution in [0.2, 0.25) is 0 Å². The van der Waals surface area contributed by atoms with Crippen LogP contribution in [-0.4, -0.2) is 80.2 Å². The summed E-state index contributed by atoms with van der Waals surface area (Å²) in [6.45, 7) is 7.71. The molecule has 10 heteroatoms. The van der Waals surface area contributed by atoms with Gasteiger partial charge < -0.3 is 20.3 Å². The van der Waals surface area contributed by atoms with Crippen molar-refractivity contribution >= 4 is 22.7 Å². The van der Waals surface area contributed by atoms with Crippen LogP contribution in [0.1, 0.15) is 39.3 Å². The van der Waals surface area contributed by atoms with Crippen molar-refractivity contribution in [2.24, 2.45) is 17.8 Å². The smallest absolute Gasteiger partial charge is 0.219 e. The number of fused-ring (bicyclic) bond motifs is 4. The number of aliphatic imine (C=N–C) groups is 1. The Bertz CT molecular complexity index is 1380. The van der Waals surface area contributed by atoms with Gasteiger partial charge in [0.15, 0.2) is 5.88 Å². The van der Waals surface area contributed by atoms with E-state index in [1.165, 1.54) is 0 Å². The maximum atomic E-state index is 9.60. The average Bonchev–Trinajstić information content (AvgIpc) is 3.60. The number of allylic oxidation sites excluding steroid dienone is 1. The largest absolute Gasteiger partial charge is 0.476 e. The van der Waals surface area contributed by atoms with Crippen LogP contribution in [0.15, 0.2) is 46.9 Å². The van der Waals surface area contributed by atoms with Crippen LogP contribution in [0.3, 0.4) is 0 Å². The number of aliphatic hydroxyl groups excluding tert-OH is 1. The Balaban J connectivity index is 1.69. The van der Waals surface area contributed by atoms with E-state index in [-0.39, 0.29) is 31.4 Å². The maximum Gasteiger partial charge on any atom is 0.219 e. The Morgan fingerprint density at radius 3 is 2.97 bits per heavy atom. The van der Waals surface area contributed by atoms with E-state index in [1.54, 1.807) is 4.68 Å². The number of nitrogens with zero attached hydrogens (tertiary/aromatic N) is 5. The van der Waals surface area contributed by atoms with Crippen molar-refractivity contribution < 1.29 is 14.6 Å². The number of H-pyrrole nitrogens is 1. The predicted octanol–water partition coefficient (Wildman–Crippen LogP) is 3.25. The second kappa shape index (κ2) is 11.0. The van der Waals surface area contributed by atoms with Gasteiger partial charge in [0.2, 0.25) is 5.88 Å². The minimum Gasteiger partial charge on any atom is -0.476 e. The first kappa shape index (κ1) is 26.0. The molecule has 5 rings (SSSR count). The monoisotopic (exact) mass is 519 g/mol. The van der Waals surface area contributed by atoms with Gasteiger partial charge in [0, 0.05) is 25.0 Å². The van der Waals surface area contributed by atoms with Crippen LogP contribution in [0, 0.1) is 0 Å². The first-order chi connectivity index (χ1) is 18.4. The molecule has 0 amide bonds. The summed E-state index contributed by atoms with van der Waals surface area (Å²) in [4.78, 5) is 7.15. The molecule has 0 saturated carbocycles. The molecule has 0 aliphatic carbocycles. The maximum absolute atomic E-state index is 9.60. The summed E-state index contributed by atoms with van der Waals surface area (Å²) >= 11 is 0. The zero-order valence-corrected chi connectivity index (χ0v) is 22.5. The fraction of sp³-hybridized carbons (Fsp3) is 0.464. The van der Waals surface area contributed by atoms with Crippen molar-refractivity contribution in [3.8, 4) is 17.0 Å². The lowest BCUT2D eigenvalue weighted by molar-refractivity contribution is 0.107. The van der Waals surface area contributed by atoms with Gasteiger partial charge in [-0.3, -0.25) is 15.0 Å². The third-order valence-electron chi connectivity index (χ3n) is 7.14. The highest BCUT2D eigenvalue weighted by Gasteiger charge is 2.33. The van der Waals surface area contributed by atoms with E-state index < -0.39 is 0 Å². The molecule has 2 aliphatic rings. The molecule has 4 heterocycles. The van der Waals surface area contributed by atoms with Crippen molar-refractivity contribution in [2.45, 2.75) is 51.9 Å². The molecule has 0 unspecified atom stereocenters. The van der Waals surface area contributed by atoms with Gasteiger partial charge in [-0.15, -0.1) is 0 Å². The number of hydrogen-bond donors (Lipinski definition) is 3. The highest BCUT2D eigenvalue weighted by molar-refractivity contribution is 6.05. The van der Waals surface area contributed by atoms with Crippen LogP contribution >= 0.6 is 0 Å². The van der Waals surface area contributed by atoms with E-state index in [4.69, 9.17) is 20.2 Å². The van der Waals surface area contributed by atoms with E-state index in [0.717, 1.165) is 58.7 Å². The molecule has 202 valence electrons. The van der Waals surface area contributed by atoms with Gasteiger partial charge in [0.25, 0.3) is 0 Å². The lowest BCUT2D eigenvalue weighted by atomic mass is 10.0. The Kier molecular flexibility index (Phi) is 7.53. The molecule has 2 bridgehead atoms. The molecular formula is C28H37N7O3. The highest BCUT2D eigenvalue weighted by Crippen LogP contribution is 2.34. The number of aliphatic hydroxyl groups is 1. The third kappa shape index (κ3) is 5.19. The molecule has 2 atom stereocenters. The van der Waals surface area contributed by atoms with Gasteiger partial charge in [0.05, 0.1) is 53.5 Å². The van der Waals surface area contributed by atoms with Gasteiger partial charge in [0.1, 0.15) is 6.10 Å². The SMILES string of the molecule is CC(C)O/C(N)=C1\C=C\c2[nH]nc3ccc(cc23)-c2cnn(C)c2O[C@H](C)[C@H]2CCCN2CC1=NCCO. The van der Waals surface area contributed by atoms with Gasteiger partial charge in [-0.25, -0.2) is 4.68 Å². The molecular weight excluding hydrogens is 482 g/mol. The quantitative estimate of drug-likeness (QED) is 0.452. The first-order valence-corrected chi connectivity index (χ1v) is 13.3. The molecule has 1 fully saturated rings. The Morgan fingerprint density at radius 2 is 2.18 bits per heavy atom. The number of benzene rings is 1. The number of hydrogen-bond acceptors (Lipinski definition) is 8. The van der Waals surface area contributed by atoms with Crippen LogP contribution in [0.5, 0.6) is 5.88 Å². The van der Waals surface area contributed by atoms with Gasteiger partial charge in [-0.1, -0.05) is 6.07 Å². The molecule has 0 spiro atoms. The predicted molar refractivity (Wildman–Crippen MR) is 149 cm³/mol. The van der Waals surface area contributed by atoms with Crippen LogP contribution in [0.4, 0.5) is 0 Å². The second-order valence-corrected chi connectivity index (χ2v) is 10.2. The van der Waals surface area contributed by atoms with E-state index in [0.29, 0.717) is 18.0 Å². The number of nitrogens with one attached hydrogen (secondary N) is 1. The van der Waals surface area contributed by atoms with Crippen LogP contribution < -0.4 is 10.5 Å². The third-order valence-corrected chi connectivity index (χ3v) is 7.14. The molecule has 10 nitrogen and oxygen atoms in total. The fourth-order valence-corrected chi connectivity index (χ4v) is 5.33. The summed E-state index contributed by atoms with van der Waals surface area (Å²) in [6.07, 6.45) is 7.64. The minimum atomic E-state index is -0.0952. The standard InChI is InChI=1S/C28H37N7O3/c1-17(2)37-27(29)20-8-10-24-21-14-19(7-9-23(21)32-33-24)22-15-31-34(4)28(22)38-18(3)26-6-5-12-35(26)16-25(20)30-11-13-36/h7-10,14-15,17-18,26,36H,5-6,11-13,16,29H2,1-4H3,(H,32,33)/b10-8+,27-20+,30-25?/t18-,26-/m1/s1. The van der Waals surface area contributed by atoms with Crippen molar-refractivity contribution in [1.82, 2.24) is 24.9 Å². The second-order valence-electron chi connectivity index (χ2n) is 10.2. The molecule has 1 aromatic carbocycles. The van der Waals surface area contributed by atoms with Crippen molar-refractivity contribution in [3.05, 3.63) is 47.6 Å². The Labute approximate surface area is 222 Å². The van der Waals surface area contributed by atoms with E-state index >= 15 is 0 Å². The summed E-state index contributed by atoms with van der Waals surface area (Å²) in [6, 6.07) is 6.33. The molecule has 0 radical (unpaired) electrons.